The van der Waals surface area contributed by atoms with Crippen molar-refractivity contribution in [2.45, 2.75) is 18.9 Å². The molecule has 0 spiro atoms. The van der Waals surface area contributed by atoms with Crippen molar-refractivity contribution in [2.75, 3.05) is 5.32 Å². The molecule has 1 aliphatic rings. The molecule has 5 N–H and O–H groups in total. The average Bonchev–Trinajstić information content (AvgIpc) is 3.03. The van der Waals surface area contributed by atoms with Gasteiger partial charge in [-0.1, -0.05) is 5.16 Å². The smallest absolute Gasteiger partial charge is 0.320 e. The van der Waals surface area contributed by atoms with Gasteiger partial charge in [0.1, 0.15) is 5.82 Å². The second-order valence-corrected chi connectivity index (χ2v) is 3.89. The molecule has 0 bridgehead atoms. The van der Waals surface area contributed by atoms with Crippen LogP contribution in [0.5, 0.6) is 0 Å². The molecule has 1 aliphatic carbocycles. The predicted octanol–water partition coefficient (Wildman–Crippen LogP) is -0.201. The van der Waals surface area contributed by atoms with E-state index in [0.29, 0.717) is 11.4 Å². The molecule has 8 heteroatoms. The second kappa shape index (κ2) is 4.32. The molecule has 0 saturated heterocycles. The Morgan fingerprint density at radius 2 is 2.41 bits per heavy atom. The van der Waals surface area contributed by atoms with E-state index in [1.54, 1.807) is 7.05 Å². The fraction of sp³-hybridized carbons (Fsp3) is 0.444. The van der Waals surface area contributed by atoms with Crippen molar-refractivity contribution >= 4 is 17.7 Å². The molecule has 0 aromatic carbocycles. The summed E-state index contributed by atoms with van der Waals surface area (Å²) in [6.45, 7) is 0. The Hall–Kier alpha value is -2.25. The first-order chi connectivity index (χ1) is 8.11. The molecule has 1 aromatic heterocycles. The summed E-state index contributed by atoms with van der Waals surface area (Å²) in [6, 6.07) is -0.0568. The molecule has 1 heterocycles. The lowest BCUT2D eigenvalue weighted by Gasteiger charge is -2.08. The van der Waals surface area contributed by atoms with Crippen LogP contribution in [0.4, 0.5) is 10.6 Å². The third-order valence-electron chi connectivity index (χ3n) is 2.47. The predicted molar refractivity (Wildman–Crippen MR) is 60.9 cm³/mol. The van der Waals surface area contributed by atoms with Gasteiger partial charge in [-0.2, -0.15) is 5.10 Å². The zero-order valence-electron chi connectivity index (χ0n) is 9.34. The van der Waals surface area contributed by atoms with Gasteiger partial charge in [-0.05, 0) is 12.8 Å². The lowest BCUT2D eigenvalue weighted by Crippen LogP contribution is -2.32. The van der Waals surface area contributed by atoms with E-state index in [4.69, 9.17) is 10.9 Å². The van der Waals surface area contributed by atoms with E-state index in [-0.39, 0.29) is 17.9 Å². The van der Waals surface area contributed by atoms with E-state index in [1.807, 2.05) is 0 Å². The minimum absolute atomic E-state index is 0.0974. The molecule has 17 heavy (non-hydrogen) atoms. The van der Waals surface area contributed by atoms with Gasteiger partial charge in [0.25, 0.3) is 0 Å². The SMILES string of the molecule is Cn1ncc(C(N)=NO)c1NC(=O)NC1CC1. The number of urea groups is 1. The summed E-state index contributed by atoms with van der Waals surface area (Å²) in [4.78, 5) is 11.6. The number of nitrogens with one attached hydrogen (secondary N) is 2. The number of nitrogens with zero attached hydrogens (tertiary/aromatic N) is 3. The fourth-order valence-electron chi connectivity index (χ4n) is 1.38. The maximum absolute atomic E-state index is 11.6. The van der Waals surface area contributed by atoms with E-state index in [1.165, 1.54) is 10.9 Å². The van der Waals surface area contributed by atoms with Gasteiger partial charge in [0.2, 0.25) is 0 Å². The van der Waals surface area contributed by atoms with Crippen LogP contribution in [0.1, 0.15) is 18.4 Å². The van der Waals surface area contributed by atoms with Gasteiger partial charge in [0, 0.05) is 13.1 Å². The lowest BCUT2D eigenvalue weighted by atomic mass is 10.3. The summed E-state index contributed by atoms with van der Waals surface area (Å²) in [5, 5.41) is 20.8. The molecule has 2 rings (SSSR count). The van der Waals surface area contributed by atoms with E-state index in [9.17, 15) is 4.79 Å². The number of oxime groups is 1. The van der Waals surface area contributed by atoms with Crippen molar-refractivity contribution in [3.63, 3.8) is 0 Å². The van der Waals surface area contributed by atoms with Gasteiger partial charge in [-0.25, -0.2) is 4.79 Å². The highest BCUT2D eigenvalue weighted by molar-refractivity contribution is 6.04. The maximum atomic E-state index is 11.6. The molecule has 0 atom stereocenters. The lowest BCUT2D eigenvalue weighted by molar-refractivity contribution is 0.251. The highest BCUT2D eigenvalue weighted by Crippen LogP contribution is 2.19. The zero-order chi connectivity index (χ0) is 12.4. The van der Waals surface area contributed by atoms with Crippen molar-refractivity contribution in [2.24, 2.45) is 17.9 Å². The van der Waals surface area contributed by atoms with Crippen molar-refractivity contribution in [3.05, 3.63) is 11.8 Å². The topological polar surface area (TPSA) is 118 Å². The van der Waals surface area contributed by atoms with Crippen molar-refractivity contribution in [1.29, 1.82) is 0 Å². The number of nitrogens with two attached hydrogens (primary N) is 1. The van der Waals surface area contributed by atoms with Crippen LogP contribution in [-0.2, 0) is 7.05 Å². The number of carbonyl (C=O) groups excluding carboxylic acids is 1. The van der Waals surface area contributed by atoms with Crippen LogP contribution < -0.4 is 16.4 Å². The van der Waals surface area contributed by atoms with Gasteiger partial charge in [0.05, 0.1) is 11.8 Å². The molecule has 2 amide bonds. The number of anilines is 1. The number of carbonyl (C=O) groups is 1. The van der Waals surface area contributed by atoms with Crippen LogP contribution in [0.2, 0.25) is 0 Å². The quantitative estimate of drug-likeness (QED) is 0.252. The number of amidine groups is 1. The Morgan fingerprint density at radius 1 is 1.71 bits per heavy atom. The van der Waals surface area contributed by atoms with Crippen LogP contribution in [0.3, 0.4) is 0 Å². The summed E-state index contributed by atoms with van der Waals surface area (Å²) in [6.07, 6.45) is 3.43. The summed E-state index contributed by atoms with van der Waals surface area (Å²) in [5.74, 6) is 0.290. The van der Waals surface area contributed by atoms with Crippen molar-refractivity contribution < 1.29 is 10.0 Å². The second-order valence-electron chi connectivity index (χ2n) is 3.89. The molecule has 92 valence electrons. The van der Waals surface area contributed by atoms with Crippen LogP contribution in [0, 0.1) is 0 Å². The molecular weight excluding hydrogens is 224 g/mol. The highest BCUT2D eigenvalue weighted by atomic mass is 16.4. The number of rotatable bonds is 3. The number of aromatic nitrogens is 2. The van der Waals surface area contributed by atoms with Crippen LogP contribution in [0.15, 0.2) is 11.4 Å². The van der Waals surface area contributed by atoms with Gasteiger partial charge < -0.3 is 16.3 Å². The number of amides is 2. The van der Waals surface area contributed by atoms with Crippen LogP contribution in [-0.4, -0.2) is 32.9 Å². The first-order valence-corrected chi connectivity index (χ1v) is 5.19. The molecule has 1 fully saturated rings. The molecule has 1 saturated carbocycles. The normalized spacial score (nSPS) is 15.7. The van der Waals surface area contributed by atoms with Gasteiger partial charge in [0.15, 0.2) is 5.84 Å². The highest BCUT2D eigenvalue weighted by Gasteiger charge is 2.24. The Balaban J connectivity index is 2.12. The Labute approximate surface area is 97.5 Å². The van der Waals surface area contributed by atoms with E-state index < -0.39 is 0 Å². The summed E-state index contributed by atoms with van der Waals surface area (Å²) in [5.41, 5.74) is 5.85. The molecule has 1 aromatic rings. The van der Waals surface area contributed by atoms with Crippen LogP contribution in [0.25, 0.3) is 0 Å². The largest absolute Gasteiger partial charge is 0.409 e. The number of aryl methyl sites for hydroxylation is 1. The maximum Gasteiger partial charge on any atom is 0.320 e. The molecule has 0 aliphatic heterocycles. The third kappa shape index (κ3) is 2.47. The average molecular weight is 238 g/mol. The van der Waals surface area contributed by atoms with E-state index >= 15 is 0 Å². The van der Waals surface area contributed by atoms with Gasteiger partial charge in [-0.15, -0.1) is 0 Å². The van der Waals surface area contributed by atoms with Crippen LogP contribution >= 0.6 is 0 Å². The molecular formula is C9H14N6O2. The minimum atomic E-state index is -0.317. The van der Waals surface area contributed by atoms with E-state index in [2.05, 4.69) is 20.9 Å². The monoisotopic (exact) mass is 238 g/mol. The minimum Gasteiger partial charge on any atom is -0.409 e. The first kappa shape index (κ1) is 11.2. The molecule has 8 nitrogen and oxygen atoms in total. The Kier molecular flexibility index (Phi) is 2.86. The summed E-state index contributed by atoms with van der Waals surface area (Å²) < 4.78 is 1.44. The Morgan fingerprint density at radius 3 is 3.00 bits per heavy atom. The van der Waals surface area contributed by atoms with E-state index in [0.717, 1.165) is 12.8 Å². The molecule has 0 unspecified atom stereocenters. The van der Waals surface area contributed by atoms with Crippen molar-refractivity contribution in [3.8, 4) is 0 Å². The zero-order valence-corrected chi connectivity index (χ0v) is 9.34. The third-order valence-corrected chi connectivity index (χ3v) is 2.47. The fourth-order valence-corrected chi connectivity index (χ4v) is 1.38. The summed E-state index contributed by atoms with van der Waals surface area (Å²) in [7, 11) is 1.65. The standard InChI is InChI=1S/C9H14N6O2/c1-15-8(6(4-11-15)7(10)14-17)13-9(16)12-5-2-3-5/h4-5,17H,2-3H2,1H3,(H2,10,14)(H2,12,13,16). The number of hydrogen-bond donors (Lipinski definition) is 4. The number of hydrogen-bond acceptors (Lipinski definition) is 4. The first-order valence-electron chi connectivity index (χ1n) is 5.19. The Bertz CT molecular complexity index is 462. The summed E-state index contributed by atoms with van der Waals surface area (Å²) >= 11 is 0. The molecule has 0 radical (unpaired) electrons. The van der Waals surface area contributed by atoms with Gasteiger partial charge in [-0.3, -0.25) is 10.00 Å². The van der Waals surface area contributed by atoms with Crippen molar-refractivity contribution in [1.82, 2.24) is 15.1 Å². The van der Waals surface area contributed by atoms with Gasteiger partial charge >= 0.3 is 6.03 Å².